The molecule has 0 radical (unpaired) electrons. The summed E-state index contributed by atoms with van der Waals surface area (Å²) in [5.41, 5.74) is 4.12. The van der Waals surface area contributed by atoms with Crippen molar-refractivity contribution in [3.05, 3.63) is 150 Å². The first-order valence-electron chi connectivity index (χ1n) is 10.7. The van der Waals surface area contributed by atoms with Crippen molar-refractivity contribution in [1.29, 1.82) is 0 Å². The van der Waals surface area contributed by atoms with E-state index in [1.165, 1.54) is 0 Å². The zero-order chi connectivity index (χ0) is 21.5. The van der Waals surface area contributed by atoms with Crippen LogP contribution in [-0.4, -0.2) is 5.78 Å². The van der Waals surface area contributed by atoms with Crippen LogP contribution in [-0.2, 0) is 10.2 Å². The van der Waals surface area contributed by atoms with E-state index in [4.69, 9.17) is 0 Å². The molecule has 4 rings (SSSR count). The Morgan fingerprint density at radius 3 is 1.32 bits per heavy atom. The molecule has 0 aliphatic carbocycles. The Hall–Kier alpha value is -3.71. The number of carbonyl (C=O) groups excluding carboxylic acids is 1. The molecule has 4 aromatic rings. The summed E-state index contributed by atoms with van der Waals surface area (Å²) in [5, 5.41) is 0. The molecule has 1 nitrogen and oxygen atoms in total. The van der Waals surface area contributed by atoms with Gasteiger partial charge in [0.2, 0.25) is 0 Å². The van der Waals surface area contributed by atoms with Gasteiger partial charge in [-0.25, -0.2) is 0 Å². The largest absolute Gasteiger partial charge is 0.293 e. The summed E-state index contributed by atoms with van der Waals surface area (Å²) in [6, 6.07) is 40.5. The molecule has 0 spiro atoms. The van der Waals surface area contributed by atoms with Crippen LogP contribution in [0.15, 0.2) is 127 Å². The summed E-state index contributed by atoms with van der Waals surface area (Å²) in [5.74, 6) is 0.0665. The normalized spacial score (nSPS) is 11.8. The van der Waals surface area contributed by atoms with Crippen LogP contribution < -0.4 is 0 Å². The second-order valence-electron chi connectivity index (χ2n) is 7.60. The molecule has 0 aromatic heterocycles. The fourth-order valence-corrected chi connectivity index (χ4v) is 4.30. The van der Waals surface area contributed by atoms with Crippen LogP contribution in [0.1, 0.15) is 35.6 Å². The van der Waals surface area contributed by atoms with Crippen molar-refractivity contribution in [3.8, 4) is 0 Å². The molecule has 0 fully saturated rings. The van der Waals surface area contributed by atoms with Gasteiger partial charge < -0.3 is 0 Å². The van der Waals surface area contributed by atoms with Gasteiger partial charge in [0.25, 0.3) is 0 Å². The highest BCUT2D eigenvalue weighted by Crippen LogP contribution is 2.41. The summed E-state index contributed by atoms with van der Waals surface area (Å²) in [6.45, 7) is 2.10. The molecule has 0 unspecified atom stereocenters. The molecule has 0 atom stereocenters. The lowest BCUT2D eigenvalue weighted by Crippen LogP contribution is -2.37. The number of hydrogen-bond donors (Lipinski definition) is 0. The van der Waals surface area contributed by atoms with Crippen molar-refractivity contribution >= 4 is 11.4 Å². The third-order valence-corrected chi connectivity index (χ3v) is 5.82. The lowest BCUT2D eigenvalue weighted by Gasteiger charge is -2.34. The van der Waals surface area contributed by atoms with Crippen LogP contribution in [0.2, 0.25) is 0 Å². The zero-order valence-electron chi connectivity index (χ0n) is 17.7. The van der Waals surface area contributed by atoms with E-state index in [9.17, 15) is 4.79 Å². The van der Waals surface area contributed by atoms with E-state index in [2.05, 4.69) is 55.5 Å². The van der Waals surface area contributed by atoms with E-state index in [1.807, 2.05) is 78.9 Å². The molecule has 0 N–H and O–H groups in total. The topological polar surface area (TPSA) is 17.1 Å². The Kier molecular flexibility index (Phi) is 6.24. The van der Waals surface area contributed by atoms with Crippen LogP contribution in [0.25, 0.3) is 5.57 Å². The van der Waals surface area contributed by atoms with E-state index in [-0.39, 0.29) is 5.78 Å². The number of allylic oxidation sites excluding steroid dienone is 2. The number of benzene rings is 4. The van der Waals surface area contributed by atoms with Crippen LogP contribution in [0, 0.1) is 0 Å². The number of carbonyl (C=O) groups is 1. The van der Waals surface area contributed by atoms with Gasteiger partial charge in [-0.3, -0.25) is 4.79 Å². The van der Waals surface area contributed by atoms with Gasteiger partial charge in [-0.1, -0.05) is 128 Å². The average molecular weight is 403 g/mol. The van der Waals surface area contributed by atoms with Crippen LogP contribution in [0.3, 0.4) is 0 Å². The van der Waals surface area contributed by atoms with Crippen molar-refractivity contribution in [2.24, 2.45) is 0 Å². The smallest absolute Gasteiger partial charge is 0.175 e. The Labute approximate surface area is 184 Å². The predicted molar refractivity (Wildman–Crippen MR) is 129 cm³/mol. The maximum Gasteiger partial charge on any atom is 0.175 e. The summed E-state index contributed by atoms with van der Waals surface area (Å²) < 4.78 is 0. The molecule has 0 bridgehead atoms. The molecular formula is C30H26O. The minimum Gasteiger partial charge on any atom is -0.293 e. The predicted octanol–water partition coefficient (Wildman–Crippen LogP) is 7.08. The highest BCUT2D eigenvalue weighted by Gasteiger charge is 2.42. The third kappa shape index (κ3) is 4.00. The Morgan fingerprint density at radius 1 is 0.613 bits per heavy atom. The number of rotatable bonds is 7. The first-order chi connectivity index (χ1) is 15.3. The molecule has 0 aliphatic heterocycles. The highest BCUT2D eigenvalue weighted by atomic mass is 16.1. The van der Waals surface area contributed by atoms with E-state index in [0.29, 0.717) is 0 Å². The van der Waals surface area contributed by atoms with Crippen molar-refractivity contribution < 1.29 is 4.79 Å². The zero-order valence-corrected chi connectivity index (χ0v) is 17.7. The monoisotopic (exact) mass is 402 g/mol. The summed E-state index contributed by atoms with van der Waals surface area (Å²) in [6.07, 6.45) is 2.63. The molecular weight excluding hydrogens is 376 g/mol. The van der Waals surface area contributed by atoms with E-state index >= 15 is 0 Å². The molecule has 0 saturated carbocycles. The lowest BCUT2D eigenvalue weighted by atomic mass is 9.66. The number of ketones is 1. The van der Waals surface area contributed by atoms with Gasteiger partial charge >= 0.3 is 0 Å². The summed E-state index contributed by atoms with van der Waals surface area (Å²) in [4.78, 5) is 14.3. The molecule has 0 heterocycles. The van der Waals surface area contributed by atoms with Crippen molar-refractivity contribution in [1.82, 2.24) is 0 Å². The van der Waals surface area contributed by atoms with Gasteiger partial charge in [-0.05, 0) is 40.3 Å². The highest BCUT2D eigenvalue weighted by molar-refractivity contribution is 6.08. The molecule has 152 valence electrons. The SMILES string of the molecule is CC/C(=C/C(=O)C(c1ccccc1)(c1ccccc1)c1ccccc1)c1ccccc1. The summed E-state index contributed by atoms with van der Waals surface area (Å²) >= 11 is 0. The van der Waals surface area contributed by atoms with Gasteiger partial charge in [0.1, 0.15) is 5.41 Å². The second kappa shape index (κ2) is 9.40. The molecule has 4 aromatic carbocycles. The molecule has 0 amide bonds. The maximum atomic E-state index is 14.3. The minimum atomic E-state index is -0.918. The van der Waals surface area contributed by atoms with Crippen LogP contribution in [0.5, 0.6) is 0 Å². The van der Waals surface area contributed by atoms with Gasteiger partial charge in [0.05, 0.1) is 0 Å². The molecule has 0 saturated heterocycles. The first kappa shape index (κ1) is 20.6. The molecule has 31 heavy (non-hydrogen) atoms. The van der Waals surface area contributed by atoms with Gasteiger partial charge in [-0.15, -0.1) is 0 Å². The van der Waals surface area contributed by atoms with E-state index in [1.54, 1.807) is 0 Å². The van der Waals surface area contributed by atoms with Gasteiger partial charge in [0, 0.05) is 0 Å². The van der Waals surface area contributed by atoms with Gasteiger partial charge in [-0.2, -0.15) is 0 Å². The van der Waals surface area contributed by atoms with Gasteiger partial charge in [0.15, 0.2) is 5.78 Å². The Balaban J connectivity index is 2.00. The first-order valence-corrected chi connectivity index (χ1v) is 10.7. The Morgan fingerprint density at radius 2 is 0.968 bits per heavy atom. The Bertz CT molecular complexity index is 1050. The third-order valence-electron chi connectivity index (χ3n) is 5.82. The maximum absolute atomic E-state index is 14.3. The van der Waals surface area contributed by atoms with Crippen molar-refractivity contribution in [3.63, 3.8) is 0 Å². The van der Waals surface area contributed by atoms with E-state index < -0.39 is 5.41 Å². The molecule has 1 heteroatoms. The van der Waals surface area contributed by atoms with E-state index in [0.717, 1.165) is 34.2 Å². The van der Waals surface area contributed by atoms with Crippen LogP contribution >= 0.6 is 0 Å². The minimum absolute atomic E-state index is 0.0665. The lowest BCUT2D eigenvalue weighted by molar-refractivity contribution is -0.117. The van der Waals surface area contributed by atoms with Crippen molar-refractivity contribution in [2.75, 3.05) is 0 Å². The fourth-order valence-electron chi connectivity index (χ4n) is 4.30. The van der Waals surface area contributed by atoms with Crippen LogP contribution in [0.4, 0.5) is 0 Å². The van der Waals surface area contributed by atoms with Crippen molar-refractivity contribution in [2.45, 2.75) is 18.8 Å². The fraction of sp³-hybridized carbons (Fsp3) is 0.100. The quantitative estimate of drug-likeness (QED) is 0.238. The number of hydrogen-bond acceptors (Lipinski definition) is 1. The standard InChI is InChI=1S/C30H26O/c1-2-24(25-15-7-3-8-16-25)23-29(31)30(26-17-9-4-10-18-26,27-19-11-5-12-20-27)28-21-13-6-14-22-28/h3-23H,2H2,1H3/b24-23-. The second-order valence-corrected chi connectivity index (χ2v) is 7.60. The average Bonchev–Trinajstić information content (AvgIpc) is 2.85. The molecule has 0 aliphatic rings. The summed E-state index contributed by atoms with van der Waals surface area (Å²) in [7, 11) is 0.